The van der Waals surface area contributed by atoms with Crippen LogP contribution in [0.4, 0.5) is 4.39 Å². The number of fused-ring (bicyclic) bond motifs is 3. The average molecular weight is 374 g/mol. The Hall–Kier alpha value is -2.71. The molecule has 2 N–H and O–H groups in total. The van der Waals surface area contributed by atoms with Crippen LogP contribution in [-0.2, 0) is 22.8 Å². The molecule has 0 saturated heterocycles. The number of carbonyl (C=O) groups excluding carboxylic acids is 1. The predicted octanol–water partition coefficient (Wildman–Crippen LogP) is 2.28. The van der Waals surface area contributed by atoms with Crippen molar-refractivity contribution in [3.63, 3.8) is 0 Å². The highest BCUT2D eigenvalue weighted by Gasteiger charge is 2.33. The van der Waals surface area contributed by atoms with Crippen LogP contribution in [0.1, 0.15) is 21.6 Å². The lowest BCUT2D eigenvalue weighted by Crippen LogP contribution is -2.18. The van der Waals surface area contributed by atoms with Crippen LogP contribution >= 0.6 is 0 Å². The number of amides is 1. The molecule has 1 aliphatic rings. The van der Waals surface area contributed by atoms with Gasteiger partial charge in [-0.05, 0) is 35.9 Å². The quantitative estimate of drug-likeness (QED) is 0.544. The van der Waals surface area contributed by atoms with Crippen molar-refractivity contribution in [1.29, 1.82) is 0 Å². The molecule has 0 bridgehead atoms. The van der Waals surface area contributed by atoms with Gasteiger partial charge in [-0.3, -0.25) is 10.0 Å². The fourth-order valence-corrected chi connectivity index (χ4v) is 5.25. The number of nitrogens with zero attached hydrogens (tertiary/aromatic N) is 1. The first kappa shape index (κ1) is 16.7. The predicted molar refractivity (Wildman–Crippen MR) is 92.4 cm³/mol. The number of hydroxylamine groups is 1. The highest BCUT2D eigenvalue weighted by atomic mass is 32.2. The van der Waals surface area contributed by atoms with Crippen LogP contribution in [0, 0.1) is 5.82 Å². The highest BCUT2D eigenvalue weighted by Crippen LogP contribution is 2.37. The minimum Gasteiger partial charge on any atom is -0.339 e. The van der Waals surface area contributed by atoms with E-state index in [2.05, 4.69) is 0 Å². The van der Waals surface area contributed by atoms with Gasteiger partial charge in [0.15, 0.2) is 9.84 Å². The summed E-state index contributed by atoms with van der Waals surface area (Å²) in [6.07, 6.45) is 0.366. The summed E-state index contributed by atoms with van der Waals surface area (Å²) in [7, 11) is -3.43. The zero-order chi connectivity index (χ0) is 18.5. The van der Waals surface area contributed by atoms with Gasteiger partial charge in [0.25, 0.3) is 5.91 Å². The molecule has 2 aromatic carbocycles. The zero-order valence-corrected chi connectivity index (χ0v) is 14.4. The maximum atomic E-state index is 13.7. The lowest BCUT2D eigenvalue weighted by molar-refractivity contribution is 0.0706. The molecule has 6 nitrogen and oxygen atoms in total. The van der Waals surface area contributed by atoms with Gasteiger partial charge in [0.2, 0.25) is 0 Å². The Labute approximate surface area is 148 Å². The molecule has 1 amide bonds. The molecule has 26 heavy (non-hydrogen) atoms. The zero-order valence-electron chi connectivity index (χ0n) is 13.6. The number of benzene rings is 2. The second kappa shape index (κ2) is 5.93. The van der Waals surface area contributed by atoms with Gasteiger partial charge in [-0.15, -0.1) is 0 Å². The Morgan fingerprint density at radius 2 is 2.04 bits per heavy atom. The van der Waals surface area contributed by atoms with Crippen molar-refractivity contribution in [2.75, 3.05) is 5.75 Å². The molecule has 8 heteroatoms. The second-order valence-corrected chi connectivity index (χ2v) is 8.28. The standard InChI is InChI=1S/C18H15FN2O4S/c19-13-4-5-15-14(9-13)17-16(6-7-26(17,24)25)21(15)10-11-2-1-3-12(8-11)18(22)20-23/h1-5,8-9,23H,6-7,10H2,(H,20,22). The summed E-state index contributed by atoms with van der Waals surface area (Å²) < 4.78 is 40.4. The Morgan fingerprint density at radius 1 is 1.23 bits per heavy atom. The Kier molecular flexibility index (Phi) is 3.82. The van der Waals surface area contributed by atoms with Crippen molar-refractivity contribution in [2.24, 2.45) is 0 Å². The molecule has 0 spiro atoms. The summed E-state index contributed by atoms with van der Waals surface area (Å²) in [5.74, 6) is -1.10. The van der Waals surface area contributed by atoms with E-state index in [0.29, 0.717) is 29.6 Å². The van der Waals surface area contributed by atoms with Crippen molar-refractivity contribution >= 4 is 26.6 Å². The molecule has 134 valence electrons. The van der Waals surface area contributed by atoms with Gasteiger partial charge in [-0.1, -0.05) is 12.1 Å². The van der Waals surface area contributed by atoms with E-state index in [-0.39, 0.29) is 16.2 Å². The topological polar surface area (TPSA) is 88.4 Å². The minimum absolute atomic E-state index is 0.0110. The summed E-state index contributed by atoms with van der Waals surface area (Å²) in [4.78, 5) is 11.8. The third-order valence-electron chi connectivity index (χ3n) is 4.63. The van der Waals surface area contributed by atoms with E-state index in [1.807, 2.05) is 4.57 Å². The monoisotopic (exact) mass is 374 g/mol. The van der Waals surface area contributed by atoms with Crippen molar-refractivity contribution in [3.05, 3.63) is 65.1 Å². The maximum absolute atomic E-state index is 13.7. The van der Waals surface area contributed by atoms with E-state index in [1.165, 1.54) is 12.1 Å². The average Bonchev–Trinajstić information content (AvgIpc) is 3.10. The van der Waals surface area contributed by atoms with Crippen molar-refractivity contribution in [1.82, 2.24) is 10.0 Å². The third-order valence-corrected chi connectivity index (χ3v) is 6.45. The number of halogens is 1. The molecule has 0 aliphatic carbocycles. The van der Waals surface area contributed by atoms with Crippen molar-refractivity contribution < 1.29 is 22.8 Å². The molecule has 1 aromatic heterocycles. The van der Waals surface area contributed by atoms with Crippen LogP contribution in [0.2, 0.25) is 0 Å². The van der Waals surface area contributed by atoms with Crippen molar-refractivity contribution in [2.45, 2.75) is 17.9 Å². The van der Waals surface area contributed by atoms with Crippen molar-refractivity contribution in [3.8, 4) is 0 Å². The van der Waals surface area contributed by atoms with Gasteiger partial charge in [-0.2, -0.15) is 0 Å². The van der Waals surface area contributed by atoms with Crippen LogP contribution < -0.4 is 5.48 Å². The first-order valence-corrected chi connectivity index (χ1v) is 9.63. The summed E-state index contributed by atoms with van der Waals surface area (Å²) in [5.41, 5.74) is 3.93. The molecule has 0 unspecified atom stereocenters. The molecule has 0 saturated carbocycles. The summed E-state index contributed by atoms with van der Waals surface area (Å²) in [5, 5.41) is 9.17. The molecule has 0 radical (unpaired) electrons. The minimum atomic E-state index is -3.43. The van der Waals surface area contributed by atoms with Gasteiger partial charge >= 0.3 is 0 Å². The van der Waals surface area contributed by atoms with Crippen LogP contribution in [0.15, 0.2) is 47.4 Å². The van der Waals surface area contributed by atoms with Gasteiger partial charge in [0, 0.05) is 29.6 Å². The number of hydrogen-bond acceptors (Lipinski definition) is 4. The lowest BCUT2D eigenvalue weighted by atomic mass is 10.1. The number of sulfone groups is 1. The molecule has 4 rings (SSSR count). The van der Waals surface area contributed by atoms with Crippen LogP contribution in [-0.4, -0.2) is 29.9 Å². The van der Waals surface area contributed by atoms with E-state index < -0.39 is 21.6 Å². The fraction of sp³-hybridized carbons (Fsp3) is 0.167. The first-order valence-electron chi connectivity index (χ1n) is 7.97. The summed E-state index contributed by atoms with van der Waals surface area (Å²) in [6, 6.07) is 10.8. The SMILES string of the molecule is O=C(NO)c1cccc(Cn2c3c(c4cc(F)ccc42)S(=O)(=O)CC3)c1. The van der Waals surface area contributed by atoms with Crippen LogP contribution in [0.5, 0.6) is 0 Å². The number of carbonyl (C=O) groups is 1. The van der Waals surface area contributed by atoms with Crippen LogP contribution in [0.25, 0.3) is 10.9 Å². The number of nitrogens with one attached hydrogen (secondary N) is 1. The second-order valence-electron chi connectivity index (χ2n) is 6.23. The normalized spacial score (nSPS) is 15.2. The lowest BCUT2D eigenvalue weighted by Gasteiger charge is -2.10. The number of aromatic nitrogens is 1. The Balaban J connectivity index is 1.88. The molecule has 1 aliphatic heterocycles. The molecule has 0 fully saturated rings. The first-order chi connectivity index (χ1) is 12.4. The smallest absolute Gasteiger partial charge is 0.274 e. The fourth-order valence-electron chi connectivity index (χ4n) is 3.52. The molecular weight excluding hydrogens is 359 g/mol. The van der Waals surface area contributed by atoms with Crippen LogP contribution in [0.3, 0.4) is 0 Å². The van der Waals surface area contributed by atoms with Gasteiger partial charge in [0.05, 0.1) is 16.2 Å². The largest absolute Gasteiger partial charge is 0.339 e. The Bertz CT molecular complexity index is 1150. The third kappa shape index (κ3) is 2.58. The van der Waals surface area contributed by atoms with E-state index in [1.54, 1.807) is 35.8 Å². The highest BCUT2D eigenvalue weighted by molar-refractivity contribution is 7.92. The Morgan fingerprint density at radius 3 is 2.81 bits per heavy atom. The molecule has 3 aromatic rings. The molecular formula is C18H15FN2O4S. The summed E-state index contributed by atoms with van der Waals surface area (Å²) >= 11 is 0. The maximum Gasteiger partial charge on any atom is 0.274 e. The van der Waals surface area contributed by atoms with Gasteiger partial charge in [-0.25, -0.2) is 18.3 Å². The summed E-state index contributed by atoms with van der Waals surface area (Å²) in [6.45, 7) is 0.333. The van der Waals surface area contributed by atoms with Gasteiger partial charge < -0.3 is 4.57 Å². The van der Waals surface area contributed by atoms with E-state index >= 15 is 0 Å². The van der Waals surface area contributed by atoms with E-state index in [0.717, 1.165) is 5.56 Å². The molecule has 0 atom stereocenters. The molecule has 2 heterocycles. The van der Waals surface area contributed by atoms with Gasteiger partial charge in [0.1, 0.15) is 5.82 Å². The number of rotatable bonds is 3. The van der Waals surface area contributed by atoms with E-state index in [9.17, 15) is 17.6 Å². The number of hydrogen-bond donors (Lipinski definition) is 2. The van der Waals surface area contributed by atoms with E-state index in [4.69, 9.17) is 5.21 Å².